The lowest BCUT2D eigenvalue weighted by Gasteiger charge is -2.04. The van der Waals surface area contributed by atoms with E-state index in [9.17, 15) is 9.59 Å². The Hall–Kier alpha value is -2.26. The zero-order chi connectivity index (χ0) is 13.2. The fourth-order valence-electron chi connectivity index (χ4n) is 2.07. The fourth-order valence-corrected chi connectivity index (χ4v) is 2.73. The van der Waals surface area contributed by atoms with Crippen LogP contribution in [0.2, 0.25) is 0 Å². The number of thiophene rings is 1. The number of hydrogen-bond acceptors (Lipinski definition) is 3. The number of ketones is 2. The largest absolute Gasteiger partial charge is 0.285 e. The molecule has 19 heavy (non-hydrogen) atoms. The van der Waals surface area contributed by atoms with Gasteiger partial charge in [-0.25, -0.2) is 0 Å². The zero-order valence-electron chi connectivity index (χ0n) is 10.00. The summed E-state index contributed by atoms with van der Waals surface area (Å²) in [6.07, 6.45) is 0. The molecule has 1 aromatic heterocycles. The van der Waals surface area contributed by atoms with Gasteiger partial charge in [0.15, 0.2) is 0 Å². The molecule has 0 atom stereocenters. The van der Waals surface area contributed by atoms with Crippen LogP contribution < -0.4 is 0 Å². The highest BCUT2D eigenvalue weighted by Crippen LogP contribution is 2.21. The number of carbonyl (C=O) groups is 2. The second-order valence-corrected chi connectivity index (χ2v) is 5.11. The number of carbonyl (C=O) groups excluding carboxylic acids is 2. The second kappa shape index (κ2) is 4.78. The van der Waals surface area contributed by atoms with Gasteiger partial charge in [0.1, 0.15) is 0 Å². The van der Waals surface area contributed by atoms with Crippen LogP contribution in [0.15, 0.2) is 60.0 Å². The van der Waals surface area contributed by atoms with Gasteiger partial charge in [0.25, 0.3) is 0 Å². The molecule has 0 saturated heterocycles. The Morgan fingerprint density at radius 1 is 0.789 bits per heavy atom. The van der Waals surface area contributed by atoms with Crippen molar-refractivity contribution in [2.75, 3.05) is 0 Å². The summed E-state index contributed by atoms with van der Waals surface area (Å²) in [6, 6.07) is 16.5. The van der Waals surface area contributed by atoms with Crippen molar-refractivity contribution in [2.45, 2.75) is 0 Å². The lowest BCUT2D eigenvalue weighted by atomic mass is 9.99. The normalized spacial score (nSPS) is 10.5. The van der Waals surface area contributed by atoms with Crippen molar-refractivity contribution < 1.29 is 9.59 Å². The van der Waals surface area contributed by atoms with Crippen LogP contribution in [0.4, 0.5) is 0 Å². The van der Waals surface area contributed by atoms with E-state index in [1.165, 1.54) is 11.3 Å². The molecule has 3 rings (SSSR count). The maximum Gasteiger partial charge on any atom is 0.243 e. The van der Waals surface area contributed by atoms with Crippen molar-refractivity contribution in [3.63, 3.8) is 0 Å². The van der Waals surface area contributed by atoms with Crippen LogP contribution in [0, 0.1) is 0 Å². The molecule has 92 valence electrons. The predicted octanol–water partition coefficient (Wildman–Crippen LogP) is 3.97. The van der Waals surface area contributed by atoms with Gasteiger partial charge in [-0.3, -0.25) is 9.59 Å². The van der Waals surface area contributed by atoms with Crippen molar-refractivity contribution in [1.29, 1.82) is 0 Å². The van der Waals surface area contributed by atoms with Gasteiger partial charge in [-0.1, -0.05) is 48.5 Å². The summed E-state index contributed by atoms with van der Waals surface area (Å²) < 4.78 is 0. The predicted molar refractivity (Wildman–Crippen MR) is 76.9 cm³/mol. The fraction of sp³-hybridized carbons (Fsp3) is 0. The molecule has 2 aromatic carbocycles. The molecule has 3 heteroatoms. The van der Waals surface area contributed by atoms with Gasteiger partial charge in [-0.05, 0) is 22.2 Å². The minimum atomic E-state index is -0.445. The van der Waals surface area contributed by atoms with Crippen LogP contribution in [-0.2, 0) is 0 Å². The minimum absolute atomic E-state index is 0.439. The smallest absolute Gasteiger partial charge is 0.243 e. The first kappa shape index (κ1) is 11.8. The topological polar surface area (TPSA) is 34.1 Å². The molecule has 0 unspecified atom stereocenters. The third-order valence-electron chi connectivity index (χ3n) is 2.99. The van der Waals surface area contributed by atoms with Crippen LogP contribution in [0.3, 0.4) is 0 Å². The van der Waals surface area contributed by atoms with E-state index in [0.717, 1.165) is 10.8 Å². The lowest BCUT2D eigenvalue weighted by molar-refractivity contribution is 0.0820. The third kappa shape index (κ3) is 2.09. The highest BCUT2D eigenvalue weighted by atomic mass is 32.1. The second-order valence-electron chi connectivity index (χ2n) is 4.16. The minimum Gasteiger partial charge on any atom is -0.285 e. The first-order valence-corrected chi connectivity index (χ1v) is 6.75. The number of benzene rings is 2. The SMILES string of the molecule is O=C(C(=O)c1cccc2ccccc12)c1cccs1. The van der Waals surface area contributed by atoms with E-state index in [-0.39, 0.29) is 0 Å². The monoisotopic (exact) mass is 266 g/mol. The van der Waals surface area contributed by atoms with Crippen LogP contribution in [0.1, 0.15) is 20.0 Å². The standard InChI is InChI=1S/C16H10O2S/c17-15(16(18)14-9-4-10-19-14)13-8-3-6-11-5-1-2-7-12(11)13/h1-10H. The molecule has 0 bridgehead atoms. The van der Waals surface area contributed by atoms with Gasteiger partial charge in [0.05, 0.1) is 4.88 Å². The van der Waals surface area contributed by atoms with Gasteiger partial charge < -0.3 is 0 Å². The first-order chi connectivity index (χ1) is 9.27. The van der Waals surface area contributed by atoms with E-state index in [4.69, 9.17) is 0 Å². The molecule has 3 aromatic rings. The van der Waals surface area contributed by atoms with Crippen molar-refractivity contribution in [3.05, 3.63) is 70.4 Å². The maximum atomic E-state index is 12.3. The third-order valence-corrected chi connectivity index (χ3v) is 3.85. The highest BCUT2D eigenvalue weighted by Gasteiger charge is 2.20. The Morgan fingerprint density at radius 3 is 2.37 bits per heavy atom. The van der Waals surface area contributed by atoms with E-state index in [1.54, 1.807) is 29.6 Å². The molecule has 0 fully saturated rings. The average molecular weight is 266 g/mol. The summed E-state index contributed by atoms with van der Waals surface area (Å²) in [4.78, 5) is 24.9. The molecule has 1 heterocycles. The number of hydrogen-bond donors (Lipinski definition) is 0. The van der Waals surface area contributed by atoms with Gasteiger partial charge in [0.2, 0.25) is 11.6 Å². The Balaban J connectivity index is 2.10. The van der Waals surface area contributed by atoms with Crippen molar-refractivity contribution >= 4 is 33.7 Å². The molecule has 0 spiro atoms. The number of rotatable bonds is 3. The summed E-state index contributed by atoms with van der Waals surface area (Å²) in [5.74, 6) is -0.884. The van der Waals surface area contributed by atoms with E-state index in [2.05, 4.69) is 0 Å². The van der Waals surface area contributed by atoms with Gasteiger partial charge in [0, 0.05) is 5.56 Å². The summed E-state index contributed by atoms with van der Waals surface area (Å²) in [5, 5.41) is 3.58. The molecule has 0 radical (unpaired) electrons. The Labute approximate surface area is 114 Å². The molecule has 2 nitrogen and oxygen atoms in total. The maximum absolute atomic E-state index is 12.3. The molecule has 0 aliphatic carbocycles. The van der Waals surface area contributed by atoms with Crippen LogP contribution in [0.5, 0.6) is 0 Å². The summed E-state index contributed by atoms with van der Waals surface area (Å²) in [7, 11) is 0. The van der Waals surface area contributed by atoms with E-state index >= 15 is 0 Å². The number of fused-ring (bicyclic) bond motifs is 1. The number of Topliss-reactive ketones (excluding diaryl/α,β-unsaturated/α-hetero) is 2. The molecule has 0 aliphatic heterocycles. The molecule has 0 amide bonds. The van der Waals surface area contributed by atoms with E-state index in [0.29, 0.717) is 10.4 Å². The van der Waals surface area contributed by atoms with Crippen LogP contribution >= 0.6 is 11.3 Å². The highest BCUT2D eigenvalue weighted by molar-refractivity contribution is 7.13. The molecule has 0 saturated carbocycles. The molecule has 0 aliphatic rings. The van der Waals surface area contributed by atoms with Crippen molar-refractivity contribution in [2.24, 2.45) is 0 Å². The van der Waals surface area contributed by atoms with Gasteiger partial charge in [-0.15, -0.1) is 11.3 Å². The van der Waals surface area contributed by atoms with E-state index in [1.807, 2.05) is 30.3 Å². The van der Waals surface area contributed by atoms with Crippen molar-refractivity contribution in [3.8, 4) is 0 Å². The molecular weight excluding hydrogens is 256 g/mol. The lowest BCUT2D eigenvalue weighted by Crippen LogP contribution is -2.13. The summed E-state index contributed by atoms with van der Waals surface area (Å²) in [5.41, 5.74) is 0.469. The Bertz CT molecular complexity index is 752. The van der Waals surface area contributed by atoms with Gasteiger partial charge in [-0.2, -0.15) is 0 Å². The van der Waals surface area contributed by atoms with Gasteiger partial charge >= 0.3 is 0 Å². The summed E-state index contributed by atoms with van der Waals surface area (Å²) in [6.45, 7) is 0. The van der Waals surface area contributed by atoms with Crippen LogP contribution in [-0.4, -0.2) is 11.6 Å². The van der Waals surface area contributed by atoms with E-state index < -0.39 is 11.6 Å². The molecule has 0 N–H and O–H groups in total. The quantitative estimate of drug-likeness (QED) is 0.531. The Kier molecular flexibility index (Phi) is 2.97. The zero-order valence-corrected chi connectivity index (χ0v) is 10.8. The average Bonchev–Trinajstić information content (AvgIpc) is 2.99. The Morgan fingerprint density at radius 2 is 1.58 bits per heavy atom. The first-order valence-electron chi connectivity index (χ1n) is 5.87. The van der Waals surface area contributed by atoms with Crippen LogP contribution in [0.25, 0.3) is 10.8 Å². The van der Waals surface area contributed by atoms with Crippen molar-refractivity contribution in [1.82, 2.24) is 0 Å². The molecular formula is C16H10O2S. The summed E-state index contributed by atoms with van der Waals surface area (Å²) >= 11 is 1.29.